The maximum atomic E-state index is 12.1. The molecule has 6 nitrogen and oxygen atoms in total. The van der Waals surface area contributed by atoms with Crippen LogP contribution in [0, 0.1) is 11.3 Å². The predicted octanol–water partition coefficient (Wildman–Crippen LogP) is 0.291. The van der Waals surface area contributed by atoms with Gasteiger partial charge in [0.1, 0.15) is 0 Å². The van der Waals surface area contributed by atoms with Crippen LogP contribution in [0.1, 0.15) is 13.8 Å². The molecule has 0 spiro atoms. The summed E-state index contributed by atoms with van der Waals surface area (Å²) in [7, 11) is 0. The van der Waals surface area contributed by atoms with Crippen LogP contribution in [0.15, 0.2) is 47.1 Å². The van der Waals surface area contributed by atoms with E-state index >= 15 is 0 Å². The highest BCUT2D eigenvalue weighted by Crippen LogP contribution is 2.48. The molecule has 2 aliphatic heterocycles. The van der Waals surface area contributed by atoms with E-state index in [2.05, 4.69) is 10.6 Å². The Morgan fingerprint density at radius 3 is 2.18 bits per heavy atom. The van der Waals surface area contributed by atoms with E-state index in [4.69, 9.17) is 0 Å². The molecule has 2 unspecified atom stereocenters. The number of amides is 4. The van der Waals surface area contributed by atoms with Gasteiger partial charge in [-0.05, 0) is 6.92 Å². The second-order valence-electron chi connectivity index (χ2n) is 5.78. The van der Waals surface area contributed by atoms with Crippen LogP contribution in [-0.2, 0) is 19.2 Å². The van der Waals surface area contributed by atoms with Gasteiger partial charge in [-0.3, -0.25) is 29.8 Å². The molecule has 22 heavy (non-hydrogen) atoms. The van der Waals surface area contributed by atoms with Crippen LogP contribution in [0.25, 0.3) is 0 Å². The number of carbonyl (C=O) groups excluding carboxylic acids is 4. The second kappa shape index (κ2) is 4.62. The van der Waals surface area contributed by atoms with Crippen molar-refractivity contribution < 1.29 is 19.2 Å². The van der Waals surface area contributed by atoms with E-state index < -0.39 is 35.0 Å². The van der Waals surface area contributed by atoms with E-state index in [-0.39, 0.29) is 0 Å². The van der Waals surface area contributed by atoms with Crippen LogP contribution in [-0.4, -0.2) is 23.6 Å². The average molecular weight is 298 g/mol. The SMILES string of the molecule is CC1=CC=CC(C)(C2=CC(=O)NC2=O)C1C1=CC(=O)NC1=O. The third-order valence-corrected chi connectivity index (χ3v) is 4.29. The Hall–Kier alpha value is -2.76. The van der Waals surface area contributed by atoms with Gasteiger partial charge in [0.15, 0.2) is 0 Å². The Morgan fingerprint density at radius 1 is 1.00 bits per heavy atom. The van der Waals surface area contributed by atoms with Crippen molar-refractivity contribution >= 4 is 23.6 Å². The van der Waals surface area contributed by atoms with Crippen LogP contribution in [0.4, 0.5) is 0 Å². The molecular weight excluding hydrogens is 284 g/mol. The molecule has 1 aliphatic carbocycles. The zero-order valence-corrected chi connectivity index (χ0v) is 12.1. The van der Waals surface area contributed by atoms with Gasteiger partial charge in [0.25, 0.3) is 23.6 Å². The molecule has 0 aromatic rings. The first-order chi connectivity index (χ1) is 10.3. The summed E-state index contributed by atoms with van der Waals surface area (Å²) < 4.78 is 0. The fourth-order valence-electron chi connectivity index (χ4n) is 3.33. The van der Waals surface area contributed by atoms with E-state index in [1.807, 2.05) is 13.0 Å². The molecule has 2 atom stereocenters. The van der Waals surface area contributed by atoms with Gasteiger partial charge in [-0.15, -0.1) is 0 Å². The molecule has 0 saturated carbocycles. The Kier molecular flexibility index (Phi) is 2.98. The van der Waals surface area contributed by atoms with Crippen molar-refractivity contribution in [3.63, 3.8) is 0 Å². The minimum absolute atomic E-state index is 0.291. The lowest BCUT2D eigenvalue weighted by Crippen LogP contribution is -2.38. The monoisotopic (exact) mass is 298 g/mol. The molecule has 0 aromatic heterocycles. The number of imide groups is 2. The van der Waals surface area contributed by atoms with Gasteiger partial charge in [0.05, 0.1) is 0 Å². The largest absolute Gasteiger partial charge is 0.289 e. The second-order valence-corrected chi connectivity index (χ2v) is 5.78. The van der Waals surface area contributed by atoms with Crippen LogP contribution in [0.2, 0.25) is 0 Å². The maximum Gasteiger partial charge on any atom is 0.255 e. The van der Waals surface area contributed by atoms with Crippen molar-refractivity contribution in [1.82, 2.24) is 10.6 Å². The lowest BCUT2D eigenvalue weighted by atomic mass is 9.63. The quantitative estimate of drug-likeness (QED) is 0.717. The Labute approximate surface area is 126 Å². The zero-order chi connectivity index (χ0) is 16.1. The third-order valence-electron chi connectivity index (χ3n) is 4.29. The fourth-order valence-corrected chi connectivity index (χ4v) is 3.33. The summed E-state index contributed by atoms with van der Waals surface area (Å²) in [5, 5.41) is 4.45. The van der Waals surface area contributed by atoms with Crippen molar-refractivity contribution in [2.45, 2.75) is 13.8 Å². The molecule has 0 fully saturated rings. The fraction of sp³-hybridized carbons (Fsp3) is 0.250. The lowest BCUT2D eigenvalue weighted by molar-refractivity contribution is -0.126. The Balaban J connectivity index is 2.13. The molecule has 112 valence electrons. The smallest absolute Gasteiger partial charge is 0.255 e. The minimum Gasteiger partial charge on any atom is -0.289 e. The number of carbonyl (C=O) groups is 4. The predicted molar refractivity (Wildman–Crippen MR) is 77.0 cm³/mol. The van der Waals surface area contributed by atoms with Crippen molar-refractivity contribution in [1.29, 1.82) is 0 Å². The average Bonchev–Trinajstić information content (AvgIpc) is 2.92. The molecule has 3 rings (SSSR count). The van der Waals surface area contributed by atoms with Crippen molar-refractivity contribution in [2.24, 2.45) is 11.3 Å². The van der Waals surface area contributed by atoms with E-state index in [1.54, 1.807) is 19.1 Å². The summed E-state index contributed by atoms with van der Waals surface area (Å²) in [4.78, 5) is 47.0. The highest BCUT2D eigenvalue weighted by atomic mass is 16.2. The van der Waals surface area contributed by atoms with Gasteiger partial charge >= 0.3 is 0 Å². The van der Waals surface area contributed by atoms with Gasteiger partial charge in [-0.2, -0.15) is 0 Å². The van der Waals surface area contributed by atoms with Crippen molar-refractivity contribution in [3.05, 3.63) is 47.1 Å². The highest BCUT2D eigenvalue weighted by Gasteiger charge is 2.47. The summed E-state index contributed by atoms with van der Waals surface area (Å²) in [6.07, 6.45) is 7.92. The summed E-state index contributed by atoms with van der Waals surface area (Å²) in [6, 6.07) is 0. The van der Waals surface area contributed by atoms with Crippen LogP contribution >= 0.6 is 0 Å². The van der Waals surface area contributed by atoms with Crippen molar-refractivity contribution in [3.8, 4) is 0 Å². The highest BCUT2D eigenvalue weighted by molar-refractivity contribution is 6.19. The van der Waals surface area contributed by atoms with E-state index in [9.17, 15) is 19.2 Å². The lowest BCUT2D eigenvalue weighted by Gasteiger charge is -2.38. The van der Waals surface area contributed by atoms with Gasteiger partial charge in [-0.25, -0.2) is 0 Å². The van der Waals surface area contributed by atoms with Gasteiger partial charge in [0.2, 0.25) is 0 Å². The summed E-state index contributed by atoms with van der Waals surface area (Å²) >= 11 is 0. The summed E-state index contributed by atoms with van der Waals surface area (Å²) in [5.41, 5.74) is 0.565. The molecule has 2 N–H and O–H groups in total. The van der Waals surface area contributed by atoms with Gasteiger partial charge < -0.3 is 0 Å². The van der Waals surface area contributed by atoms with E-state index in [0.717, 1.165) is 5.57 Å². The molecule has 6 heteroatoms. The summed E-state index contributed by atoms with van der Waals surface area (Å²) in [5.74, 6) is -2.35. The molecule has 3 aliphatic rings. The normalized spacial score (nSPS) is 30.8. The molecule has 2 heterocycles. The topological polar surface area (TPSA) is 92.3 Å². The Bertz CT molecular complexity index is 754. The molecule has 0 radical (unpaired) electrons. The molecule has 0 saturated heterocycles. The maximum absolute atomic E-state index is 12.1. The first-order valence-corrected chi connectivity index (χ1v) is 6.83. The standard InChI is InChI=1S/C16H14N2O4/c1-8-4-3-5-16(2,10-7-12(20)18-15(10)22)13(8)9-6-11(19)17-14(9)21/h3-7,13H,1-2H3,(H,17,19,21)(H,18,20,22). The van der Waals surface area contributed by atoms with Crippen molar-refractivity contribution in [2.75, 3.05) is 0 Å². The molecule has 0 aromatic carbocycles. The third kappa shape index (κ3) is 1.95. The number of hydrogen-bond donors (Lipinski definition) is 2. The van der Waals surface area contributed by atoms with E-state index in [0.29, 0.717) is 11.1 Å². The zero-order valence-electron chi connectivity index (χ0n) is 12.1. The minimum atomic E-state index is -0.872. The Morgan fingerprint density at radius 2 is 1.64 bits per heavy atom. The van der Waals surface area contributed by atoms with Gasteiger partial charge in [-0.1, -0.05) is 30.7 Å². The number of hydrogen-bond acceptors (Lipinski definition) is 4. The number of nitrogens with one attached hydrogen (secondary N) is 2. The van der Waals surface area contributed by atoms with E-state index in [1.165, 1.54) is 12.2 Å². The molecular formula is C16H14N2O4. The van der Waals surface area contributed by atoms with Gasteiger partial charge in [0, 0.05) is 34.6 Å². The first-order valence-electron chi connectivity index (χ1n) is 6.83. The first kappa shape index (κ1) is 14.2. The van der Waals surface area contributed by atoms with Crippen LogP contribution < -0.4 is 10.6 Å². The van der Waals surface area contributed by atoms with Crippen LogP contribution in [0.5, 0.6) is 0 Å². The molecule has 0 bridgehead atoms. The summed E-state index contributed by atoms with van der Waals surface area (Å²) in [6.45, 7) is 3.62. The van der Waals surface area contributed by atoms with Crippen LogP contribution in [0.3, 0.4) is 0 Å². The number of allylic oxidation sites excluding steroid dienone is 4. The number of rotatable bonds is 2. The molecule has 4 amide bonds.